The van der Waals surface area contributed by atoms with E-state index in [9.17, 15) is 14.4 Å². The Morgan fingerprint density at radius 3 is 1.00 bits per heavy atom. The highest BCUT2D eigenvalue weighted by Gasteiger charge is 2.19. The van der Waals surface area contributed by atoms with Gasteiger partial charge in [-0.25, -0.2) is 0 Å². The van der Waals surface area contributed by atoms with Gasteiger partial charge in [-0.05, 0) is 89.9 Å². The molecule has 0 bridgehead atoms. The molecule has 1 unspecified atom stereocenters. The van der Waals surface area contributed by atoms with Crippen LogP contribution >= 0.6 is 0 Å². The number of ether oxygens (including phenoxy) is 3. The van der Waals surface area contributed by atoms with Crippen molar-refractivity contribution in [2.75, 3.05) is 13.2 Å². The first-order chi connectivity index (χ1) is 33.5. The number of unbranched alkanes of at least 4 members (excludes halogenated alkanes) is 26. The van der Waals surface area contributed by atoms with E-state index in [1.54, 1.807) is 0 Å². The van der Waals surface area contributed by atoms with Crippen LogP contribution in [0.1, 0.15) is 245 Å². The van der Waals surface area contributed by atoms with Crippen LogP contribution in [-0.4, -0.2) is 37.2 Å². The van der Waals surface area contributed by atoms with E-state index < -0.39 is 6.10 Å². The Bertz CT molecular complexity index is 1410. The molecule has 0 spiro atoms. The van der Waals surface area contributed by atoms with Crippen LogP contribution in [0.2, 0.25) is 0 Å². The highest BCUT2D eigenvalue weighted by Crippen LogP contribution is 2.14. The van der Waals surface area contributed by atoms with Gasteiger partial charge < -0.3 is 14.2 Å². The van der Waals surface area contributed by atoms with Crippen LogP contribution in [0.15, 0.2) is 109 Å². The third kappa shape index (κ3) is 53.0. The molecule has 6 heteroatoms. The molecule has 0 saturated carbocycles. The van der Waals surface area contributed by atoms with Crippen molar-refractivity contribution in [3.8, 4) is 0 Å². The quantitative estimate of drug-likeness (QED) is 0.0199. The maximum Gasteiger partial charge on any atom is 0.306 e. The first kappa shape index (κ1) is 64.1. The van der Waals surface area contributed by atoms with E-state index in [1.165, 1.54) is 122 Å². The van der Waals surface area contributed by atoms with Gasteiger partial charge in [-0.1, -0.05) is 246 Å². The monoisotopic (exact) mass is 943 g/mol. The van der Waals surface area contributed by atoms with E-state index in [2.05, 4.69) is 69.4 Å². The summed E-state index contributed by atoms with van der Waals surface area (Å²) in [7, 11) is 0. The molecule has 0 rings (SSSR count). The molecule has 68 heavy (non-hydrogen) atoms. The number of rotatable bonds is 49. The van der Waals surface area contributed by atoms with Gasteiger partial charge in [-0.2, -0.15) is 0 Å². The molecule has 0 aliphatic carbocycles. The fourth-order valence-corrected chi connectivity index (χ4v) is 7.46. The smallest absolute Gasteiger partial charge is 0.306 e. The standard InChI is InChI=1S/C62H102O6/c1-4-7-10-13-16-19-22-25-28-30-31-33-34-37-40-43-46-49-52-55-61(64)67-58-59(57-66-60(63)54-51-48-45-42-39-36-27-24-21-18-15-12-9-6-3)68-62(65)56-53-50-47-44-41-38-35-32-29-26-23-20-17-14-11-8-5-2/h8,11,14,16-17,19-20,22-23,25-26,29,32,35-36,38-39,41,59H,4-7,9-10,12-13,15,18,21,24,27-28,30-31,33-34,37,40,42-58H2,1-3H3/b11-8-,17-14-,19-16-,23-20-,25-22-,29-26-,35-32+,39-36-,41-38-. The van der Waals surface area contributed by atoms with Crippen molar-refractivity contribution in [1.82, 2.24) is 0 Å². The summed E-state index contributed by atoms with van der Waals surface area (Å²) in [6, 6.07) is 0. The molecule has 386 valence electrons. The van der Waals surface area contributed by atoms with E-state index in [0.29, 0.717) is 19.3 Å². The Morgan fingerprint density at radius 2 is 0.588 bits per heavy atom. The number of esters is 3. The zero-order valence-electron chi connectivity index (χ0n) is 44.1. The number of hydrogen-bond donors (Lipinski definition) is 0. The van der Waals surface area contributed by atoms with E-state index in [0.717, 1.165) is 77.0 Å². The molecule has 0 aliphatic rings. The minimum atomic E-state index is -0.811. The molecule has 1 atom stereocenters. The summed E-state index contributed by atoms with van der Waals surface area (Å²) in [6.45, 7) is 6.41. The SMILES string of the molecule is CC\C=C/C=C\C=C/C=C\C=C\C=C/CCCCCC(=O)OC(COC(=O)CCCCC/C=C\CCCCCCCCC)COC(=O)CCCCCCCCCCCC/C=C\C=C/CCCCC. The summed E-state index contributed by atoms with van der Waals surface area (Å²) < 4.78 is 16.8. The van der Waals surface area contributed by atoms with Gasteiger partial charge in [0.05, 0.1) is 0 Å². The van der Waals surface area contributed by atoms with Gasteiger partial charge in [0.2, 0.25) is 0 Å². The molecule has 6 nitrogen and oxygen atoms in total. The predicted molar refractivity (Wildman–Crippen MR) is 293 cm³/mol. The van der Waals surface area contributed by atoms with Crippen LogP contribution in [-0.2, 0) is 28.6 Å². The molecular weight excluding hydrogens is 841 g/mol. The summed E-state index contributed by atoms with van der Waals surface area (Å²) >= 11 is 0. The van der Waals surface area contributed by atoms with Gasteiger partial charge in [0.1, 0.15) is 13.2 Å². The Morgan fingerprint density at radius 1 is 0.309 bits per heavy atom. The average Bonchev–Trinajstić information content (AvgIpc) is 3.34. The van der Waals surface area contributed by atoms with Crippen molar-refractivity contribution in [3.63, 3.8) is 0 Å². The van der Waals surface area contributed by atoms with Gasteiger partial charge in [-0.15, -0.1) is 0 Å². The third-order valence-corrected chi connectivity index (χ3v) is 11.7. The third-order valence-electron chi connectivity index (χ3n) is 11.7. The van der Waals surface area contributed by atoms with Gasteiger partial charge in [0, 0.05) is 19.3 Å². The topological polar surface area (TPSA) is 78.9 Å². The molecule has 0 N–H and O–H groups in total. The molecule has 0 aliphatic heterocycles. The molecule has 0 aromatic carbocycles. The molecular formula is C62H102O6. The number of carbonyl (C=O) groups is 3. The highest BCUT2D eigenvalue weighted by molar-refractivity contribution is 5.71. The Hall–Kier alpha value is -3.93. The highest BCUT2D eigenvalue weighted by atomic mass is 16.6. The minimum absolute atomic E-state index is 0.104. The van der Waals surface area contributed by atoms with Gasteiger partial charge >= 0.3 is 17.9 Å². The van der Waals surface area contributed by atoms with Crippen LogP contribution in [0.4, 0.5) is 0 Å². The van der Waals surface area contributed by atoms with E-state index in [-0.39, 0.29) is 37.5 Å². The van der Waals surface area contributed by atoms with Crippen LogP contribution in [0.3, 0.4) is 0 Å². The van der Waals surface area contributed by atoms with Crippen molar-refractivity contribution in [2.24, 2.45) is 0 Å². The predicted octanol–water partition coefficient (Wildman–Crippen LogP) is 18.7. The van der Waals surface area contributed by atoms with Gasteiger partial charge in [0.25, 0.3) is 0 Å². The van der Waals surface area contributed by atoms with Crippen molar-refractivity contribution in [2.45, 2.75) is 252 Å². The van der Waals surface area contributed by atoms with Crippen LogP contribution < -0.4 is 0 Å². The summed E-state index contributed by atoms with van der Waals surface area (Å²) in [5, 5.41) is 0. The summed E-state index contributed by atoms with van der Waals surface area (Å²) in [6.07, 6.45) is 75.0. The fourth-order valence-electron chi connectivity index (χ4n) is 7.46. The minimum Gasteiger partial charge on any atom is -0.462 e. The maximum absolute atomic E-state index is 12.8. The Labute approximate surface area is 419 Å². The number of hydrogen-bond acceptors (Lipinski definition) is 6. The number of carbonyl (C=O) groups excluding carboxylic acids is 3. The first-order valence-corrected chi connectivity index (χ1v) is 28.0. The van der Waals surface area contributed by atoms with Crippen LogP contribution in [0.5, 0.6) is 0 Å². The van der Waals surface area contributed by atoms with Gasteiger partial charge in [-0.3, -0.25) is 14.4 Å². The second-order valence-electron chi connectivity index (χ2n) is 18.3. The second-order valence-corrected chi connectivity index (χ2v) is 18.3. The lowest BCUT2D eigenvalue weighted by Gasteiger charge is -2.18. The molecule has 0 amide bonds. The van der Waals surface area contributed by atoms with Crippen molar-refractivity contribution >= 4 is 17.9 Å². The lowest BCUT2D eigenvalue weighted by molar-refractivity contribution is -0.167. The molecule has 0 radical (unpaired) electrons. The Kier molecular flexibility index (Phi) is 52.4. The van der Waals surface area contributed by atoms with Crippen molar-refractivity contribution < 1.29 is 28.6 Å². The first-order valence-electron chi connectivity index (χ1n) is 28.0. The Balaban J connectivity index is 4.49. The van der Waals surface area contributed by atoms with Crippen molar-refractivity contribution in [3.05, 3.63) is 109 Å². The molecule has 0 heterocycles. The molecule has 0 aromatic rings. The van der Waals surface area contributed by atoms with E-state index >= 15 is 0 Å². The maximum atomic E-state index is 12.8. The van der Waals surface area contributed by atoms with Crippen LogP contribution in [0, 0.1) is 0 Å². The molecule has 0 saturated heterocycles. The van der Waals surface area contributed by atoms with E-state index in [1.807, 2.05) is 60.8 Å². The summed E-state index contributed by atoms with van der Waals surface area (Å²) in [5.41, 5.74) is 0. The normalized spacial score (nSPS) is 12.9. The second kappa shape index (κ2) is 55.7. The van der Waals surface area contributed by atoms with Crippen LogP contribution in [0.25, 0.3) is 0 Å². The zero-order valence-corrected chi connectivity index (χ0v) is 44.1. The molecule has 0 fully saturated rings. The summed E-state index contributed by atoms with van der Waals surface area (Å²) in [4.78, 5) is 38.1. The molecule has 0 aromatic heterocycles. The lowest BCUT2D eigenvalue weighted by Crippen LogP contribution is -2.30. The summed E-state index contributed by atoms with van der Waals surface area (Å²) in [5.74, 6) is -0.968. The van der Waals surface area contributed by atoms with Crippen molar-refractivity contribution in [1.29, 1.82) is 0 Å². The largest absolute Gasteiger partial charge is 0.462 e. The van der Waals surface area contributed by atoms with E-state index in [4.69, 9.17) is 14.2 Å². The lowest BCUT2D eigenvalue weighted by atomic mass is 10.1. The fraction of sp³-hybridized carbons (Fsp3) is 0.661. The number of allylic oxidation sites excluding steroid dienone is 18. The average molecular weight is 943 g/mol. The van der Waals surface area contributed by atoms with Gasteiger partial charge in [0.15, 0.2) is 6.10 Å². The zero-order chi connectivity index (χ0) is 49.3.